The van der Waals surface area contributed by atoms with E-state index >= 15 is 0 Å². The van der Waals surface area contributed by atoms with Gasteiger partial charge in [-0.2, -0.15) is 10.2 Å². The molecule has 0 saturated heterocycles. The zero-order valence-corrected chi connectivity index (χ0v) is 11.9. The second-order valence-electron chi connectivity index (χ2n) is 4.56. The van der Waals surface area contributed by atoms with E-state index in [-0.39, 0.29) is 0 Å². The van der Waals surface area contributed by atoms with E-state index in [1.807, 2.05) is 7.05 Å². The van der Waals surface area contributed by atoms with Crippen molar-refractivity contribution in [1.29, 1.82) is 0 Å². The Morgan fingerprint density at radius 1 is 1.26 bits per heavy atom. The molecule has 0 aliphatic heterocycles. The van der Waals surface area contributed by atoms with Crippen LogP contribution < -0.4 is 5.32 Å². The lowest BCUT2D eigenvalue weighted by molar-refractivity contribution is 0.575. The molecule has 0 fully saturated rings. The average molecular weight is 262 g/mol. The first kappa shape index (κ1) is 13.7. The Kier molecular flexibility index (Phi) is 4.68. The number of aryl methyl sites for hydroxylation is 3. The van der Waals surface area contributed by atoms with E-state index in [4.69, 9.17) is 0 Å². The summed E-state index contributed by atoms with van der Waals surface area (Å²) in [4.78, 5) is 4.21. The van der Waals surface area contributed by atoms with Gasteiger partial charge in [0.15, 0.2) is 5.82 Å². The molecular formula is C13H22N6. The van der Waals surface area contributed by atoms with Crippen molar-refractivity contribution in [1.82, 2.24) is 29.9 Å². The number of nitrogens with zero attached hydrogens (tertiary/aromatic N) is 5. The smallest absolute Gasteiger partial charge is 0.151 e. The minimum absolute atomic E-state index is 0.841. The summed E-state index contributed by atoms with van der Waals surface area (Å²) in [7, 11) is 1.88. The number of nitrogens with one attached hydrogen (secondary N) is 1. The standard InChI is InChI=1S/C13H22N6/c1-4-11-8-12(19(5-2)16-11)9-14-7-6-13-15-10-18(3)17-13/h8,10,14H,4-7,9H2,1-3H3. The molecule has 0 aliphatic carbocycles. The van der Waals surface area contributed by atoms with Crippen LogP contribution in [0.1, 0.15) is 31.1 Å². The summed E-state index contributed by atoms with van der Waals surface area (Å²) >= 11 is 0. The molecule has 6 nitrogen and oxygen atoms in total. The summed E-state index contributed by atoms with van der Waals surface area (Å²) < 4.78 is 3.79. The molecule has 104 valence electrons. The maximum atomic E-state index is 4.54. The Bertz CT molecular complexity index is 513. The SMILES string of the molecule is CCc1cc(CNCCc2ncn(C)n2)n(CC)n1. The second kappa shape index (κ2) is 6.47. The summed E-state index contributed by atoms with van der Waals surface area (Å²) in [6.45, 7) is 6.88. The minimum Gasteiger partial charge on any atom is -0.311 e. The van der Waals surface area contributed by atoms with Gasteiger partial charge in [-0.15, -0.1) is 0 Å². The van der Waals surface area contributed by atoms with Gasteiger partial charge in [0.25, 0.3) is 0 Å². The minimum atomic E-state index is 0.841. The van der Waals surface area contributed by atoms with Crippen LogP contribution in [-0.4, -0.2) is 31.1 Å². The van der Waals surface area contributed by atoms with Crippen LogP contribution in [-0.2, 0) is 33.0 Å². The van der Waals surface area contributed by atoms with E-state index in [0.29, 0.717) is 0 Å². The molecule has 2 heterocycles. The number of hydrogen-bond acceptors (Lipinski definition) is 4. The first-order valence-electron chi connectivity index (χ1n) is 6.83. The molecule has 2 rings (SSSR count). The topological polar surface area (TPSA) is 60.6 Å². The fraction of sp³-hybridized carbons (Fsp3) is 0.615. The van der Waals surface area contributed by atoms with E-state index in [1.165, 1.54) is 5.69 Å². The summed E-state index contributed by atoms with van der Waals surface area (Å²) in [5, 5.41) is 12.2. The maximum Gasteiger partial charge on any atom is 0.151 e. The van der Waals surface area contributed by atoms with Crippen molar-refractivity contribution in [3.8, 4) is 0 Å². The van der Waals surface area contributed by atoms with Gasteiger partial charge in [0.2, 0.25) is 0 Å². The molecule has 0 unspecified atom stereocenters. The lowest BCUT2D eigenvalue weighted by Crippen LogP contribution is -2.19. The van der Waals surface area contributed by atoms with E-state index in [0.717, 1.165) is 44.0 Å². The first-order valence-corrected chi connectivity index (χ1v) is 6.83. The molecule has 2 aromatic heterocycles. The van der Waals surface area contributed by atoms with Gasteiger partial charge < -0.3 is 5.32 Å². The highest BCUT2D eigenvalue weighted by Crippen LogP contribution is 2.05. The molecule has 0 amide bonds. The zero-order chi connectivity index (χ0) is 13.7. The highest BCUT2D eigenvalue weighted by atomic mass is 15.3. The average Bonchev–Trinajstić information content (AvgIpc) is 3.00. The Balaban J connectivity index is 1.80. The summed E-state index contributed by atoms with van der Waals surface area (Å²) in [6, 6.07) is 2.18. The summed E-state index contributed by atoms with van der Waals surface area (Å²) in [6.07, 6.45) is 3.56. The van der Waals surface area contributed by atoms with Gasteiger partial charge in [0.05, 0.1) is 11.4 Å². The van der Waals surface area contributed by atoms with Gasteiger partial charge in [-0.1, -0.05) is 6.92 Å². The Hall–Kier alpha value is -1.69. The van der Waals surface area contributed by atoms with Crippen LogP contribution in [0.3, 0.4) is 0 Å². The quantitative estimate of drug-likeness (QED) is 0.754. The lowest BCUT2D eigenvalue weighted by atomic mass is 10.3. The molecule has 0 aromatic carbocycles. The highest BCUT2D eigenvalue weighted by molar-refractivity contribution is 5.10. The van der Waals surface area contributed by atoms with Crippen molar-refractivity contribution < 1.29 is 0 Å². The van der Waals surface area contributed by atoms with Gasteiger partial charge in [-0.3, -0.25) is 9.36 Å². The molecule has 0 saturated carbocycles. The third-order valence-electron chi connectivity index (χ3n) is 3.05. The Labute approximate surface area is 113 Å². The summed E-state index contributed by atoms with van der Waals surface area (Å²) in [5.41, 5.74) is 2.40. The predicted molar refractivity (Wildman–Crippen MR) is 73.7 cm³/mol. The third kappa shape index (κ3) is 3.64. The van der Waals surface area contributed by atoms with Crippen molar-refractivity contribution in [2.75, 3.05) is 6.54 Å². The first-order chi connectivity index (χ1) is 9.22. The van der Waals surface area contributed by atoms with Crippen LogP contribution in [0.5, 0.6) is 0 Å². The fourth-order valence-electron chi connectivity index (χ4n) is 2.02. The predicted octanol–water partition coefficient (Wildman–Crippen LogP) is 0.926. The van der Waals surface area contributed by atoms with Crippen LogP contribution >= 0.6 is 0 Å². The molecule has 0 bridgehead atoms. The molecule has 6 heteroatoms. The van der Waals surface area contributed by atoms with Crippen LogP contribution in [0, 0.1) is 0 Å². The van der Waals surface area contributed by atoms with E-state index in [9.17, 15) is 0 Å². The van der Waals surface area contributed by atoms with Crippen LogP contribution in [0.2, 0.25) is 0 Å². The number of aromatic nitrogens is 5. The monoisotopic (exact) mass is 262 g/mol. The number of hydrogen-bond donors (Lipinski definition) is 1. The molecular weight excluding hydrogens is 240 g/mol. The molecule has 0 aliphatic rings. The molecule has 1 N–H and O–H groups in total. The fourth-order valence-corrected chi connectivity index (χ4v) is 2.02. The van der Waals surface area contributed by atoms with Crippen LogP contribution in [0.4, 0.5) is 0 Å². The van der Waals surface area contributed by atoms with Gasteiger partial charge in [-0.05, 0) is 19.4 Å². The van der Waals surface area contributed by atoms with Crippen LogP contribution in [0.15, 0.2) is 12.4 Å². The van der Waals surface area contributed by atoms with E-state index < -0.39 is 0 Å². The van der Waals surface area contributed by atoms with Gasteiger partial charge in [0, 0.05) is 33.1 Å². The molecule has 19 heavy (non-hydrogen) atoms. The van der Waals surface area contributed by atoms with E-state index in [2.05, 4.69) is 45.1 Å². The van der Waals surface area contributed by atoms with Crippen LogP contribution in [0.25, 0.3) is 0 Å². The molecule has 0 spiro atoms. The largest absolute Gasteiger partial charge is 0.311 e. The van der Waals surface area contributed by atoms with Gasteiger partial charge in [0.1, 0.15) is 6.33 Å². The Morgan fingerprint density at radius 3 is 2.74 bits per heavy atom. The van der Waals surface area contributed by atoms with Crippen molar-refractivity contribution in [2.24, 2.45) is 7.05 Å². The zero-order valence-electron chi connectivity index (χ0n) is 11.9. The van der Waals surface area contributed by atoms with E-state index in [1.54, 1.807) is 11.0 Å². The second-order valence-corrected chi connectivity index (χ2v) is 4.56. The van der Waals surface area contributed by atoms with Gasteiger partial charge in [-0.25, -0.2) is 4.98 Å². The lowest BCUT2D eigenvalue weighted by Gasteiger charge is -2.05. The maximum absolute atomic E-state index is 4.54. The van der Waals surface area contributed by atoms with Crippen molar-refractivity contribution >= 4 is 0 Å². The van der Waals surface area contributed by atoms with Crippen molar-refractivity contribution in [2.45, 2.75) is 39.8 Å². The Morgan fingerprint density at radius 2 is 2.11 bits per heavy atom. The normalized spacial score (nSPS) is 11.1. The molecule has 0 radical (unpaired) electrons. The van der Waals surface area contributed by atoms with Crippen molar-refractivity contribution in [3.05, 3.63) is 29.6 Å². The summed E-state index contributed by atoms with van der Waals surface area (Å²) in [5.74, 6) is 0.883. The molecule has 2 aromatic rings. The van der Waals surface area contributed by atoms with Gasteiger partial charge >= 0.3 is 0 Å². The molecule has 0 atom stereocenters. The van der Waals surface area contributed by atoms with Crippen molar-refractivity contribution in [3.63, 3.8) is 0 Å². The highest BCUT2D eigenvalue weighted by Gasteiger charge is 2.05. The number of rotatable bonds is 7. The third-order valence-corrected chi connectivity index (χ3v) is 3.05.